The molecule has 4 heteroatoms. The lowest BCUT2D eigenvalue weighted by Gasteiger charge is -2.14. The van der Waals surface area contributed by atoms with Gasteiger partial charge in [-0.15, -0.1) is 5.10 Å². The lowest BCUT2D eigenvalue weighted by atomic mass is 9.96. The molecular formula is C15H14N4. The van der Waals surface area contributed by atoms with Crippen molar-refractivity contribution < 1.29 is 0 Å². The highest BCUT2D eigenvalue weighted by atomic mass is 15.4. The first-order valence-electron chi connectivity index (χ1n) is 6.71. The maximum absolute atomic E-state index is 4.79. The molecule has 1 aliphatic rings. The molecule has 0 saturated carbocycles. The van der Waals surface area contributed by atoms with E-state index in [0.717, 1.165) is 29.7 Å². The number of fused-ring (bicyclic) bond motifs is 2. The molecule has 0 saturated heterocycles. The molecule has 0 atom stereocenters. The van der Waals surface area contributed by atoms with Gasteiger partial charge in [-0.25, -0.2) is 4.98 Å². The van der Waals surface area contributed by atoms with Crippen molar-refractivity contribution in [3.63, 3.8) is 0 Å². The van der Waals surface area contributed by atoms with Gasteiger partial charge in [0.05, 0.1) is 5.69 Å². The minimum Gasteiger partial charge on any atom is -0.231 e. The van der Waals surface area contributed by atoms with Gasteiger partial charge < -0.3 is 0 Å². The Labute approximate surface area is 111 Å². The second kappa shape index (κ2) is 4.16. The molecule has 19 heavy (non-hydrogen) atoms. The third-order valence-corrected chi connectivity index (χ3v) is 3.70. The van der Waals surface area contributed by atoms with Gasteiger partial charge in [0.2, 0.25) is 0 Å². The molecule has 94 valence electrons. The number of benzene rings is 1. The summed E-state index contributed by atoms with van der Waals surface area (Å²) in [6.45, 7) is 0. The fourth-order valence-corrected chi connectivity index (χ4v) is 2.72. The molecule has 1 aliphatic carbocycles. The summed E-state index contributed by atoms with van der Waals surface area (Å²) in [5, 5.41) is 8.49. The molecule has 0 spiro atoms. The highest BCUT2D eigenvalue weighted by Crippen LogP contribution is 2.23. The van der Waals surface area contributed by atoms with Gasteiger partial charge in [0, 0.05) is 5.69 Å². The van der Waals surface area contributed by atoms with E-state index in [1.54, 1.807) is 0 Å². The Morgan fingerprint density at radius 1 is 1.00 bits per heavy atom. The van der Waals surface area contributed by atoms with Gasteiger partial charge in [0.25, 0.3) is 0 Å². The molecule has 0 fully saturated rings. The minimum absolute atomic E-state index is 0.867. The summed E-state index contributed by atoms with van der Waals surface area (Å²) in [5.74, 6) is 0. The summed E-state index contributed by atoms with van der Waals surface area (Å²) in [6.07, 6.45) is 4.69. The average Bonchev–Trinajstić information content (AvgIpc) is 2.88. The topological polar surface area (TPSA) is 43.6 Å². The van der Waals surface area contributed by atoms with E-state index in [9.17, 15) is 0 Å². The Bertz CT molecular complexity index is 730. The molecule has 0 amide bonds. The summed E-state index contributed by atoms with van der Waals surface area (Å²) in [6, 6.07) is 12.2. The Balaban J connectivity index is 1.94. The van der Waals surface area contributed by atoms with Crippen LogP contribution in [-0.4, -0.2) is 20.0 Å². The van der Waals surface area contributed by atoms with Crippen LogP contribution in [0.3, 0.4) is 0 Å². The van der Waals surface area contributed by atoms with Crippen LogP contribution in [-0.2, 0) is 12.8 Å². The smallest absolute Gasteiger partial charge is 0.183 e. The van der Waals surface area contributed by atoms with E-state index < -0.39 is 0 Å². The van der Waals surface area contributed by atoms with Gasteiger partial charge in [-0.1, -0.05) is 23.4 Å². The second-order valence-corrected chi connectivity index (χ2v) is 4.98. The van der Waals surface area contributed by atoms with Gasteiger partial charge in [-0.05, 0) is 49.4 Å². The van der Waals surface area contributed by atoms with E-state index in [2.05, 4.69) is 16.4 Å². The number of hydrogen-bond acceptors (Lipinski definition) is 3. The van der Waals surface area contributed by atoms with Crippen LogP contribution < -0.4 is 0 Å². The summed E-state index contributed by atoms with van der Waals surface area (Å²) < 4.78 is 1.82. The fraction of sp³-hybridized carbons (Fsp3) is 0.267. The van der Waals surface area contributed by atoms with Crippen LogP contribution in [0.15, 0.2) is 36.4 Å². The number of aromatic nitrogens is 4. The second-order valence-electron chi connectivity index (χ2n) is 4.98. The Hall–Kier alpha value is -2.23. The molecule has 0 aliphatic heterocycles. The van der Waals surface area contributed by atoms with E-state index in [1.807, 2.05) is 35.0 Å². The van der Waals surface area contributed by atoms with Crippen LogP contribution in [0.25, 0.3) is 16.9 Å². The van der Waals surface area contributed by atoms with Gasteiger partial charge in [-0.2, -0.15) is 4.68 Å². The first-order chi connectivity index (χ1) is 9.42. The third kappa shape index (κ3) is 1.71. The van der Waals surface area contributed by atoms with Crippen LogP contribution in [0.4, 0.5) is 0 Å². The van der Waals surface area contributed by atoms with Gasteiger partial charge in [0.1, 0.15) is 5.52 Å². The molecule has 0 radical (unpaired) electrons. The van der Waals surface area contributed by atoms with E-state index in [4.69, 9.17) is 4.98 Å². The predicted octanol–water partition coefficient (Wildman–Crippen LogP) is 2.69. The molecular weight excluding hydrogens is 236 g/mol. The molecule has 2 heterocycles. The van der Waals surface area contributed by atoms with E-state index >= 15 is 0 Å². The monoisotopic (exact) mass is 250 g/mol. The van der Waals surface area contributed by atoms with Crippen molar-refractivity contribution in [3.8, 4) is 5.69 Å². The van der Waals surface area contributed by atoms with Gasteiger partial charge >= 0.3 is 0 Å². The fourth-order valence-electron chi connectivity index (χ4n) is 2.72. The summed E-state index contributed by atoms with van der Waals surface area (Å²) in [4.78, 5) is 4.79. The van der Waals surface area contributed by atoms with Crippen molar-refractivity contribution in [1.29, 1.82) is 0 Å². The molecule has 2 aromatic heterocycles. The maximum Gasteiger partial charge on any atom is 0.183 e. The van der Waals surface area contributed by atoms with Crippen molar-refractivity contribution in [2.45, 2.75) is 25.7 Å². The lowest BCUT2D eigenvalue weighted by molar-refractivity contribution is 0.669. The normalized spacial score (nSPS) is 14.5. The van der Waals surface area contributed by atoms with Crippen molar-refractivity contribution in [3.05, 3.63) is 47.7 Å². The van der Waals surface area contributed by atoms with Crippen molar-refractivity contribution in [2.75, 3.05) is 0 Å². The Morgan fingerprint density at radius 2 is 1.84 bits per heavy atom. The van der Waals surface area contributed by atoms with E-state index in [-0.39, 0.29) is 0 Å². The molecule has 1 aromatic carbocycles. The maximum atomic E-state index is 4.79. The number of nitrogens with zero attached hydrogens (tertiary/aromatic N) is 4. The summed E-state index contributed by atoms with van der Waals surface area (Å²) in [5.41, 5.74) is 5.33. The average molecular weight is 250 g/mol. The number of pyridine rings is 1. The largest absolute Gasteiger partial charge is 0.231 e. The zero-order valence-electron chi connectivity index (χ0n) is 10.6. The minimum atomic E-state index is 0.867. The van der Waals surface area contributed by atoms with Gasteiger partial charge in [-0.3, -0.25) is 0 Å². The molecule has 4 nitrogen and oxygen atoms in total. The number of aryl methyl sites for hydroxylation is 2. The predicted molar refractivity (Wildman–Crippen MR) is 73.3 cm³/mol. The highest BCUT2D eigenvalue weighted by Gasteiger charge is 2.15. The van der Waals surface area contributed by atoms with Crippen LogP contribution in [0.1, 0.15) is 24.1 Å². The molecule has 3 aromatic rings. The summed E-state index contributed by atoms with van der Waals surface area (Å²) >= 11 is 0. The highest BCUT2D eigenvalue weighted by molar-refractivity contribution is 5.73. The summed E-state index contributed by atoms with van der Waals surface area (Å²) in [7, 11) is 0. The standard InChI is InChI=1S/C15H14N4/c1-2-7-12(8-3-1)19-15-14(17-18-19)10-11-6-4-5-9-13(11)16-15/h1-3,7-8,10H,4-6,9H2. The molecule has 0 unspecified atom stereocenters. The zero-order valence-corrected chi connectivity index (χ0v) is 10.6. The first kappa shape index (κ1) is 10.7. The lowest BCUT2D eigenvalue weighted by Crippen LogP contribution is -2.06. The van der Waals surface area contributed by atoms with Crippen LogP contribution in [0.2, 0.25) is 0 Å². The number of para-hydroxylation sites is 1. The molecule has 0 bridgehead atoms. The van der Waals surface area contributed by atoms with Crippen LogP contribution in [0.5, 0.6) is 0 Å². The van der Waals surface area contributed by atoms with Crippen molar-refractivity contribution in [1.82, 2.24) is 20.0 Å². The quantitative estimate of drug-likeness (QED) is 0.667. The molecule has 0 N–H and O–H groups in total. The zero-order chi connectivity index (χ0) is 12.7. The SMILES string of the molecule is c1ccc(-n2nnc3cc4c(nc32)CCCC4)cc1. The van der Waals surface area contributed by atoms with Crippen LogP contribution in [0, 0.1) is 0 Å². The van der Waals surface area contributed by atoms with Crippen molar-refractivity contribution in [2.24, 2.45) is 0 Å². The first-order valence-corrected chi connectivity index (χ1v) is 6.71. The van der Waals surface area contributed by atoms with E-state index in [0.29, 0.717) is 0 Å². The number of hydrogen-bond donors (Lipinski definition) is 0. The van der Waals surface area contributed by atoms with Crippen LogP contribution >= 0.6 is 0 Å². The Kier molecular flexibility index (Phi) is 2.33. The van der Waals surface area contributed by atoms with Crippen molar-refractivity contribution >= 4 is 11.2 Å². The molecule has 4 rings (SSSR count). The third-order valence-electron chi connectivity index (χ3n) is 3.70. The van der Waals surface area contributed by atoms with E-state index in [1.165, 1.54) is 24.1 Å². The Morgan fingerprint density at radius 3 is 2.74 bits per heavy atom. The van der Waals surface area contributed by atoms with Gasteiger partial charge in [0.15, 0.2) is 5.65 Å². The number of rotatable bonds is 1.